The van der Waals surface area contributed by atoms with Crippen molar-refractivity contribution >= 4 is 10.0 Å². The van der Waals surface area contributed by atoms with Gasteiger partial charge in [0, 0.05) is 11.6 Å². The van der Waals surface area contributed by atoms with Crippen molar-refractivity contribution in [1.82, 2.24) is 4.72 Å². The van der Waals surface area contributed by atoms with E-state index in [9.17, 15) is 8.42 Å². The van der Waals surface area contributed by atoms with Gasteiger partial charge in [-0.1, -0.05) is 18.2 Å². The molecule has 0 saturated heterocycles. The number of aryl methyl sites for hydroxylation is 2. The number of methoxy groups -OCH3 is 2. The lowest BCUT2D eigenvalue weighted by atomic mass is 10.1. The topological polar surface area (TPSA) is 64.6 Å². The fourth-order valence-electron chi connectivity index (χ4n) is 2.66. The molecule has 0 spiro atoms. The Balaban J connectivity index is 2.36. The maximum Gasteiger partial charge on any atom is 0.241 e. The zero-order valence-electron chi connectivity index (χ0n) is 14.6. The highest BCUT2D eigenvalue weighted by atomic mass is 32.2. The predicted molar refractivity (Wildman–Crippen MR) is 94.2 cm³/mol. The van der Waals surface area contributed by atoms with E-state index in [1.807, 2.05) is 31.2 Å². The van der Waals surface area contributed by atoms with Crippen LogP contribution in [-0.4, -0.2) is 22.6 Å². The van der Waals surface area contributed by atoms with Crippen LogP contribution in [-0.2, 0) is 10.0 Å². The fourth-order valence-corrected chi connectivity index (χ4v) is 4.19. The van der Waals surface area contributed by atoms with Crippen LogP contribution in [0, 0.1) is 13.8 Å². The molecule has 24 heavy (non-hydrogen) atoms. The summed E-state index contributed by atoms with van der Waals surface area (Å²) in [6, 6.07) is 10.3. The lowest BCUT2D eigenvalue weighted by molar-refractivity contribution is 0.405. The zero-order valence-corrected chi connectivity index (χ0v) is 15.4. The van der Waals surface area contributed by atoms with Crippen molar-refractivity contribution in [2.24, 2.45) is 0 Å². The first-order valence-electron chi connectivity index (χ1n) is 7.60. The Bertz CT molecular complexity index is 831. The van der Waals surface area contributed by atoms with Crippen molar-refractivity contribution in [2.75, 3.05) is 14.2 Å². The van der Waals surface area contributed by atoms with Crippen LogP contribution in [0.15, 0.2) is 41.3 Å². The Hall–Kier alpha value is -2.05. The van der Waals surface area contributed by atoms with Crippen molar-refractivity contribution in [2.45, 2.75) is 31.7 Å². The Morgan fingerprint density at radius 3 is 2.21 bits per heavy atom. The lowest BCUT2D eigenvalue weighted by Crippen LogP contribution is -2.27. The molecule has 0 radical (unpaired) electrons. The minimum absolute atomic E-state index is 0.252. The normalized spacial score (nSPS) is 12.7. The summed E-state index contributed by atoms with van der Waals surface area (Å²) in [4.78, 5) is 0.252. The van der Waals surface area contributed by atoms with E-state index >= 15 is 0 Å². The van der Waals surface area contributed by atoms with Crippen molar-refractivity contribution in [3.8, 4) is 11.5 Å². The highest BCUT2D eigenvalue weighted by Gasteiger charge is 2.23. The second-order valence-electron chi connectivity index (χ2n) is 5.67. The zero-order chi connectivity index (χ0) is 17.9. The first kappa shape index (κ1) is 18.3. The largest absolute Gasteiger partial charge is 0.496 e. The van der Waals surface area contributed by atoms with Crippen LogP contribution in [0.1, 0.15) is 29.7 Å². The third-order valence-corrected chi connectivity index (χ3v) is 5.60. The van der Waals surface area contributed by atoms with Crippen LogP contribution >= 0.6 is 0 Å². The summed E-state index contributed by atoms with van der Waals surface area (Å²) in [7, 11) is -0.538. The molecular formula is C18H23NO4S. The van der Waals surface area contributed by atoms with Gasteiger partial charge in [-0.25, -0.2) is 13.1 Å². The van der Waals surface area contributed by atoms with Crippen molar-refractivity contribution < 1.29 is 17.9 Å². The number of hydrogen-bond donors (Lipinski definition) is 1. The maximum absolute atomic E-state index is 12.8. The molecular weight excluding hydrogens is 326 g/mol. The van der Waals surface area contributed by atoms with Gasteiger partial charge in [-0.15, -0.1) is 0 Å². The van der Waals surface area contributed by atoms with Gasteiger partial charge in [0.25, 0.3) is 0 Å². The van der Waals surface area contributed by atoms with Gasteiger partial charge in [0.1, 0.15) is 11.5 Å². The van der Waals surface area contributed by atoms with E-state index in [0.29, 0.717) is 17.1 Å². The van der Waals surface area contributed by atoms with Gasteiger partial charge in [0.15, 0.2) is 0 Å². The summed E-state index contributed by atoms with van der Waals surface area (Å²) in [5.41, 5.74) is 2.19. The number of benzene rings is 2. The number of sulfonamides is 1. The van der Waals surface area contributed by atoms with E-state index < -0.39 is 16.1 Å². The van der Waals surface area contributed by atoms with E-state index in [4.69, 9.17) is 9.47 Å². The van der Waals surface area contributed by atoms with Gasteiger partial charge in [-0.3, -0.25) is 0 Å². The van der Waals surface area contributed by atoms with Crippen molar-refractivity contribution in [1.29, 1.82) is 0 Å². The van der Waals surface area contributed by atoms with Crippen LogP contribution in [0.25, 0.3) is 0 Å². The van der Waals surface area contributed by atoms with Crippen molar-refractivity contribution in [3.05, 3.63) is 53.1 Å². The average Bonchev–Trinajstić information content (AvgIpc) is 2.55. The summed E-state index contributed by atoms with van der Waals surface area (Å²) >= 11 is 0. The maximum atomic E-state index is 12.8. The number of para-hydroxylation sites is 1. The second kappa shape index (κ2) is 7.23. The molecule has 0 aliphatic heterocycles. The third kappa shape index (κ3) is 3.71. The minimum Gasteiger partial charge on any atom is -0.496 e. The summed E-state index contributed by atoms with van der Waals surface area (Å²) in [6.07, 6.45) is 0. The molecule has 130 valence electrons. The molecule has 0 saturated carbocycles. The van der Waals surface area contributed by atoms with Gasteiger partial charge in [-0.2, -0.15) is 0 Å². The summed E-state index contributed by atoms with van der Waals surface area (Å²) in [5, 5.41) is 0. The van der Waals surface area contributed by atoms with E-state index in [0.717, 1.165) is 11.1 Å². The predicted octanol–water partition coefficient (Wildman–Crippen LogP) is 3.36. The molecule has 0 aromatic heterocycles. The monoisotopic (exact) mass is 349 g/mol. The molecule has 6 heteroatoms. The molecule has 0 fully saturated rings. The van der Waals surface area contributed by atoms with E-state index in [-0.39, 0.29) is 4.90 Å². The Labute approximate surface area is 143 Å². The quantitative estimate of drug-likeness (QED) is 0.868. The highest BCUT2D eigenvalue weighted by molar-refractivity contribution is 7.89. The van der Waals surface area contributed by atoms with Gasteiger partial charge in [0.05, 0.1) is 19.1 Å². The first-order valence-corrected chi connectivity index (χ1v) is 9.09. The van der Waals surface area contributed by atoms with Crippen molar-refractivity contribution in [3.63, 3.8) is 0 Å². The highest BCUT2D eigenvalue weighted by Crippen LogP contribution is 2.29. The molecule has 0 aliphatic rings. The van der Waals surface area contributed by atoms with Gasteiger partial charge < -0.3 is 9.47 Å². The van der Waals surface area contributed by atoms with E-state index in [2.05, 4.69) is 4.72 Å². The number of ether oxygens (including phenoxy) is 2. The third-order valence-electron chi connectivity index (χ3n) is 3.92. The van der Waals surface area contributed by atoms with Gasteiger partial charge in [0.2, 0.25) is 10.0 Å². The van der Waals surface area contributed by atoms with E-state index in [1.54, 1.807) is 40.2 Å². The summed E-state index contributed by atoms with van der Waals surface area (Å²) in [6.45, 7) is 5.37. The SMILES string of the molecule is COc1cc(C)c(S(=O)(=O)NC(C)c2ccccc2OC)cc1C. The first-order chi connectivity index (χ1) is 11.3. The average molecular weight is 349 g/mol. The Kier molecular flexibility index (Phi) is 5.51. The molecule has 2 aromatic carbocycles. The number of hydrogen-bond acceptors (Lipinski definition) is 4. The molecule has 1 N–H and O–H groups in total. The standard InChI is InChI=1S/C18H23NO4S/c1-12-11-18(13(2)10-17(12)23-5)24(20,21)19-14(3)15-8-6-7-9-16(15)22-4/h6-11,14,19H,1-5H3. The smallest absolute Gasteiger partial charge is 0.241 e. The molecule has 0 aliphatic carbocycles. The van der Waals surface area contributed by atoms with Crippen LogP contribution in [0.4, 0.5) is 0 Å². The number of nitrogens with one attached hydrogen (secondary N) is 1. The molecule has 0 heterocycles. The van der Waals surface area contributed by atoms with Gasteiger partial charge in [-0.05, 0) is 50.1 Å². The molecule has 1 atom stereocenters. The molecule has 1 unspecified atom stereocenters. The lowest BCUT2D eigenvalue weighted by Gasteiger charge is -2.19. The van der Waals surface area contributed by atoms with Crippen LogP contribution in [0.3, 0.4) is 0 Å². The van der Waals surface area contributed by atoms with E-state index in [1.165, 1.54) is 0 Å². The van der Waals surface area contributed by atoms with Crippen LogP contribution in [0.2, 0.25) is 0 Å². The molecule has 2 aromatic rings. The van der Waals surface area contributed by atoms with Crippen LogP contribution < -0.4 is 14.2 Å². The molecule has 5 nitrogen and oxygen atoms in total. The fraction of sp³-hybridized carbons (Fsp3) is 0.333. The molecule has 0 bridgehead atoms. The van der Waals surface area contributed by atoms with Crippen LogP contribution in [0.5, 0.6) is 11.5 Å². The number of rotatable bonds is 6. The summed E-state index contributed by atoms with van der Waals surface area (Å²) in [5.74, 6) is 1.32. The summed E-state index contributed by atoms with van der Waals surface area (Å²) < 4.78 is 38.9. The second-order valence-corrected chi connectivity index (χ2v) is 7.35. The Morgan fingerprint density at radius 1 is 0.958 bits per heavy atom. The minimum atomic E-state index is -3.67. The van der Waals surface area contributed by atoms with Gasteiger partial charge >= 0.3 is 0 Å². The molecule has 2 rings (SSSR count). The Morgan fingerprint density at radius 2 is 1.58 bits per heavy atom. The molecule has 0 amide bonds.